The molecule has 2 rings (SSSR count). The molecule has 0 aromatic heterocycles. The molecule has 1 aromatic carbocycles. The fraction of sp³-hybridized carbons (Fsp3) is 0.636. The second-order valence-electron chi connectivity index (χ2n) is 9.47. The van der Waals surface area contributed by atoms with E-state index >= 15 is 0 Å². The van der Waals surface area contributed by atoms with Gasteiger partial charge in [0.2, 0.25) is 5.91 Å². The molecule has 0 atom stereocenters. The molecule has 0 spiro atoms. The van der Waals surface area contributed by atoms with E-state index in [-0.39, 0.29) is 11.3 Å². The number of nitrogens with one attached hydrogen (secondary N) is 1. The molecule has 28 heavy (non-hydrogen) atoms. The highest BCUT2D eigenvalue weighted by Crippen LogP contribution is 2.33. The van der Waals surface area contributed by atoms with Crippen LogP contribution in [0.4, 0.5) is 4.79 Å². The maximum absolute atomic E-state index is 12.7. The monoisotopic (exact) mass is 390 g/mol. The molecule has 6 nitrogen and oxygen atoms in total. The van der Waals surface area contributed by atoms with Crippen molar-refractivity contribution in [3.63, 3.8) is 0 Å². The number of benzene rings is 1. The molecule has 0 bridgehead atoms. The Morgan fingerprint density at radius 1 is 1.11 bits per heavy atom. The third-order valence-electron chi connectivity index (χ3n) is 4.99. The highest BCUT2D eigenvalue weighted by molar-refractivity contribution is 5.77. The summed E-state index contributed by atoms with van der Waals surface area (Å²) in [7, 11) is 0. The number of likely N-dealkylation sites (tertiary alicyclic amines) is 1. The van der Waals surface area contributed by atoms with Crippen LogP contribution in [-0.4, -0.2) is 47.2 Å². The molecule has 2 amide bonds. The van der Waals surface area contributed by atoms with Gasteiger partial charge in [-0.05, 0) is 44.6 Å². The van der Waals surface area contributed by atoms with Crippen molar-refractivity contribution >= 4 is 12.0 Å². The smallest absolute Gasteiger partial charge is 0.407 e. The molecule has 1 aliphatic rings. The van der Waals surface area contributed by atoms with Gasteiger partial charge in [0.15, 0.2) is 0 Å². The number of nitrogens with zero attached hydrogens (tertiary/aromatic N) is 1. The predicted molar refractivity (Wildman–Crippen MR) is 109 cm³/mol. The highest BCUT2D eigenvalue weighted by Gasteiger charge is 2.36. The number of ether oxygens (including phenoxy) is 1. The van der Waals surface area contributed by atoms with Gasteiger partial charge in [-0.1, -0.05) is 44.2 Å². The Labute approximate surface area is 168 Å². The summed E-state index contributed by atoms with van der Waals surface area (Å²) in [5.74, 6) is 0.0473. The Morgan fingerprint density at radius 3 is 2.21 bits per heavy atom. The van der Waals surface area contributed by atoms with E-state index in [2.05, 4.69) is 5.32 Å². The average Bonchev–Trinajstić information content (AvgIpc) is 2.60. The Bertz CT molecular complexity index is 672. The minimum atomic E-state index is -0.869. The minimum Gasteiger partial charge on any atom is -0.444 e. The van der Waals surface area contributed by atoms with E-state index in [1.54, 1.807) is 0 Å². The van der Waals surface area contributed by atoms with Gasteiger partial charge < -0.3 is 20.1 Å². The number of piperidine rings is 1. The van der Waals surface area contributed by atoms with Crippen molar-refractivity contribution in [3.8, 4) is 0 Å². The number of carbonyl (C=O) groups excluding carboxylic acids is 2. The first kappa shape index (κ1) is 22.2. The van der Waals surface area contributed by atoms with Gasteiger partial charge in [-0.15, -0.1) is 0 Å². The summed E-state index contributed by atoms with van der Waals surface area (Å²) in [5.41, 5.74) is -0.899. The molecular formula is C22H34N2O4. The zero-order chi connectivity index (χ0) is 21.0. The number of hydrogen-bond acceptors (Lipinski definition) is 4. The van der Waals surface area contributed by atoms with Crippen molar-refractivity contribution < 1.29 is 19.4 Å². The predicted octanol–water partition coefficient (Wildman–Crippen LogP) is 3.44. The quantitative estimate of drug-likeness (QED) is 0.807. The van der Waals surface area contributed by atoms with Crippen molar-refractivity contribution in [2.75, 3.05) is 19.6 Å². The van der Waals surface area contributed by atoms with Crippen LogP contribution in [0, 0.1) is 5.41 Å². The lowest BCUT2D eigenvalue weighted by Crippen LogP contribution is -2.47. The summed E-state index contributed by atoms with van der Waals surface area (Å²) < 4.78 is 5.25. The van der Waals surface area contributed by atoms with Crippen LogP contribution in [0.25, 0.3) is 0 Å². The third kappa shape index (κ3) is 6.51. The fourth-order valence-corrected chi connectivity index (χ4v) is 3.37. The van der Waals surface area contributed by atoms with Crippen molar-refractivity contribution in [2.24, 2.45) is 5.41 Å². The van der Waals surface area contributed by atoms with Gasteiger partial charge in [-0.2, -0.15) is 0 Å². The van der Waals surface area contributed by atoms with Crippen LogP contribution in [0.3, 0.4) is 0 Å². The number of alkyl carbamates (subject to hydrolysis) is 1. The van der Waals surface area contributed by atoms with Gasteiger partial charge in [0.05, 0.1) is 5.60 Å². The first-order valence-electron chi connectivity index (χ1n) is 9.93. The van der Waals surface area contributed by atoms with E-state index in [1.165, 1.54) is 0 Å². The lowest BCUT2D eigenvalue weighted by molar-refractivity contribution is -0.137. The van der Waals surface area contributed by atoms with Gasteiger partial charge in [0.1, 0.15) is 5.60 Å². The fourth-order valence-electron chi connectivity index (χ4n) is 3.37. The van der Waals surface area contributed by atoms with E-state index in [0.29, 0.717) is 38.9 Å². The number of hydrogen-bond donors (Lipinski definition) is 2. The maximum atomic E-state index is 12.7. The molecule has 2 N–H and O–H groups in total. The van der Waals surface area contributed by atoms with Crippen LogP contribution in [0.5, 0.6) is 0 Å². The van der Waals surface area contributed by atoms with Crippen LogP contribution in [0.1, 0.15) is 59.4 Å². The van der Waals surface area contributed by atoms with E-state index in [9.17, 15) is 14.7 Å². The third-order valence-corrected chi connectivity index (χ3v) is 4.99. The number of rotatable bonds is 5. The van der Waals surface area contributed by atoms with E-state index in [4.69, 9.17) is 4.74 Å². The second kappa shape index (κ2) is 8.52. The molecule has 0 aliphatic carbocycles. The molecule has 1 saturated heterocycles. The molecule has 1 heterocycles. The zero-order valence-electron chi connectivity index (χ0n) is 17.7. The summed E-state index contributed by atoms with van der Waals surface area (Å²) in [4.78, 5) is 26.4. The normalized spacial score (nSPS) is 17.1. The van der Waals surface area contributed by atoms with E-state index in [0.717, 1.165) is 5.56 Å². The van der Waals surface area contributed by atoms with Crippen LogP contribution in [-0.2, 0) is 15.1 Å². The van der Waals surface area contributed by atoms with Gasteiger partial charge in [-0.3, -0.25) is 4.79 Å². The first-order chi connectivity index (χ1) is 12.9. The second-order valence-corrected chi connectivity index (χ2v) is 9.47. The molecule has 1 fully saturated rings. The summed E-state index contributed by atoms with van der Waals surface area (Å²) in [6, 6.07) is 9.64. The average molecular weight is 391 g/mol. The molecule has 0 saturated carbocycles. The van der Waals surface area contributed by atoms with Crippen LogP contribution < -0.4 is 5.32 Å². The van der Waals surface area contributed by atoms with Crippen LogP contribution in [0.15, 0.2) is 30.3 Å². The first-order valence-corrected chi connectivity index (χ1v) is 9.93. The molecule has 6 heteroatoms. The molecule has 156 valence electrons. The Kier molecular flexibility index (Phi) is 6.75. The van der Waals surface area contributed by atoms with E-state index in [1.807, 2.05) is 69.9 Å². The van der Waals surface area contributed by atoms with Gasteiger partial charge in [0, 0.05) is 26.1 Å². The van der Waals surface area contributed by atoms with Crippen molar-refractivity contribution in [1.82, 2.24) is 10.2 Å². The van der Waals surface area contributed by atoms with Crippen LogP contribution >= 0.6 is 0 Å². The lowest BCUT2D eigenvalue weighted by Gasteiger charge is -2.39. The topological polar surface area (TPSA) is 78.9 Å². The largest absolute Gasteiger partial charge is 0.444 e. The zero-order valence-corrected chi connectivity index (χ0v) is 17.7. The molecule has 1 aromatic rings. The van der Waals surface area contributed by atoms with Crippen LogP contribution in [0.2, 0.25) is 0 Å². The Hall–Kier alpha value is -2.08. The summed E-state index contributed by atoms with van der Waals surface area (Å²) >= 11 is 0. The maximum Gasteiger partial charge on any atom is 0.407 e. The highest BCUT2D eigenvalue weighted by atomic mass is 16.6. The summed E-state index contributed by atoms with van der Waals surface area (Å²) in [5, 5.41) is 13.7. The summed E-state index contributed by atoms with van der Waals surface area (Å²) in [6.07, 6.45) is 0.907. The molecule has 0 unspecified atom stereocenters. The van der Waals surface area contributed by atoms with Gasteiger partial charge in [0.25, 0.3) is 0 Å². The van der Waals surface area contributed by atoms with Gasteiger partial charge in [-0.25, -0.2) is 4.79 Å². The number of aliphatic hydroxyl groups is 1. The standard InChI is InChI=1S/C22H34N2O4/c1-20(2,3)28-19(26)23-16-21(4,5)15-18(25)24-13-11-22(27,12-14-24)17-9-7-6-8-10-17/h6-10,27H,11-16H2,1-5H3,(H,23,26). The SMILES string of the molecule is CC(C)(CNC(=O)OC(C)(C)C)CC(=O)N1CCC(O)(c2ccccc2)CC1. The molecule has 0 radical (unpaired) electrons. The lowest BCUT2D eigenvalue weighted by atomic mass is 9.83. The van der Waals surface area contributed by atoms with E-state index < -0.39 is 17.3 Å². The number of carbonyl (C=O) groups is 2. The molecule has 1 aliphatic heterocycles. The van der Waals surface area contributed by atoms with Crippen molar-refractivity contribution in [1.29, 1.82) is 0 Å². The molecular weight excluding hydrogens is 356 g/mol. The minimum absolute atomic E-state index is 0.0473. The Morgan fingerprint density at radius 2 is 1.68 bits per heavy atom. The van der Waals surface area contributed by atoms with Crippen molar-refractivity contribution in [2.45, 2.75) is 65.1 Å². The van der Waals surface area contributed by atoms with Gasteiger partial charge >= 0.3 is 6.09 Å². The van der Waals surface area contributed by atoms with Crippen molar-refractivity contribution in [3.05, 3.63) is 35.9 Å². The number of amides is 2. The Balaban J connectivity index is 1.83. The summed E-state index contributed by atoms with van der Waals surface area (Å²) in [6.45, 7) is 10.8.